The van der Waals surface area contributed by atoms with E-state index in [-0.39, 0.29) is 17.2 Å². The van der Waals surface area contributed by atoms with Crippen LogP contribution in [0.1, 0.15) is 6.42 Å². The Bertz CT molecular complexity index is 200. The maximum Gasteiger partial charge on any atom is 0.243 e. The van der Waals surface area contributed by atoms with Gasteiger partial charge in [0, 0.05) is 0 Å². The quantitative estimate of drug-likeness (QED) is 0.559. The summed E-state index contributed by atoms with van der Waals surface area (Å²) in [5, 5.41) is 2.07. The molecule has 3 unspecified atom stereocenters. The third-order valence-electron chi connectivity index (χ3n) is 1.72. The molecule has 0 bridgehead atoms. The number of halogens is 4. The highest BCUT2D eigenvalue weighted by Crippen LogP contribution is 2.32. The summed E-state index contributed by atoms with van der Waals surface area (Å²) in [6.07, 6.45) is 0.291. The van der Waals surface area contributed by atoms with Crippen molar-refractivity contribution in [3.63, 3.8) is 0 Å². The summed E-state index contributed by atoms with van der Waals surface area (Å²) < 4.78 is 0. The van der Waals surface area contributed by atoms with E-state index in [1.807, 2.05) is 0 Å². The van der Waals surface area contributed by atoms with E-state index in [1.165, 1.54) is 0 Å². The minimum atomic E-state index is -1.10. The predicted octanol–water partition coefficient (Wildman–Crippen LogP) is 1.89. The minimum absolute atomic E-state index is 0.0349. The molecular weight excluding hydrogens is 244 g/mol. The molecule has 0 radical (unpaired) electrons. The maximum absolute atomic E-state index is 11.2. The summed E-state index contributed by atoms with van der Waals surface area (Å²) >= 11 is 22.9. The Labute approximate surface area is 90.5 Å². The second-order valence-corrected chi connectivity index (χ2v) is 4.72. The molecule has 0 spiro atoms. The van der Waals surface area contributed by atoms with Gasteiger partial charge in [0.25, 0.3) is 0 Å². The van der Waals surface area contributed by atoms with Crippen LogP contribution in [0.4, 0.5) is 0 Å². The third kappa shape index (κ3) is 1.92. The van der Waals surface area contributed by atoms with Gasteiger partial charge < -0.3 is 5.32 Å². The van der Waals surface area contributed by atoms with E-state index in [2.05, 4.69) is 5.32 Å². The van der Waals surface area contributed by atoms with Gasteiger partial charge in [-0.15, -0.1) is 34.8 Å². The molecule has 1 saturated heterocycles. The zero-order valence-corrected chi connectivity index (χ0v) is 9.01. The lowest BCUT2D eigenvalue weighted by molar-refractivity contribution is -0.124. The zero-order valence-electron chi connectivity index (χ0n) is 5.99. The Hall–Kier alpha value is 0.630. The Morgan fingerprint density at radius 1 is 1.58 bits per heavy atom. The Kier molecular flexibility index (Phi) is 3.38. The number of carbonyl (C=O) groups is 1. The lowest BCUT2D eigenvalue weighted by Crippen LogP contribution is -2.56. The minimum Gasteiger partial charge on any atom is -0.337 e. The van der Waals surface area contributed by atoms with Crippen LogP contribution in [0.25, 0.3) is 0 Å². The Morgan fingerprint density at radius 2 is 2.17 bits per heavy atom. The van der Waals surface area contributed by atoms with Crippen molar-refractivity contribution in [2.24, 2.45) is 0 Å². The van der Waals surface area contributed by atoms with Gasteiger partial charge in [-0.3, -0.25) is 4.79 Å². The standard InChI is InChI=1S/C6H7Cl4NO/c7-2-6(10)1-3(8)4(9)11-5(6)12/h3-4H,1-2H2,(H,11,12). The highest BCUT2D eigenvalue weighted by Gasteiger charge is 2.44. The van der Waals surface area contributed by atoms with Gasteiger partial charge in [0.05, 0.1) is 11.3 Å². The van der Waals surface area contributed by atoms with Crippen molar-refractivity contribution in [2.75, 3.05) is 5.88 Å². The largest absolute Gasteiger partial charge is 0.337 e. The fourth-order valence-corrected chi connectivity index (χ4v) is 2.01. The molecular formula is C6H7Cl4NO. The molecule has 0 aromatic carbocycles. The Balaban J connectivity index is 2.74. The average Bonchev–Trinajstić information content (AvgIpc) is 2.01. The number of hydrogen-bond acceptors (Lipinski definition) is 1. The molecule has 0 saturated carbocycles. The molecule has 0 aromatic heterocycles. The number of nitrogens with one attached hydrogen (secondary N) is 1. The molecule has 1 aliphatic rings. The third-order valence-corrected chi connectivity index (χ3v) is 3.72. The van der Waals surface area contributed by atoms with Crippen molar-refractivity contribution in [2.45, 2.75) is 22.2 Å². The molecule has 2 nitrogen and oxygen atoms in total. The van der Waals surface area contributed by atoms with Crippen LogP contribution in [0.5, 0.6) is 0 Å². The van der Waals surface area contributed by atoms with Gasteiger partial charge in [-0.2, -0.15) is 0 Å². The van der Waals surface area contributed by atoms with E-state index < -0.39 is 10.4 Å². The molecule has 1 heterocycles. The van der Waals surface area contributed by atoms with Crippen LogP contribution in [-0.2, 0) is 4.79 Å². The molecule has 0 aliphatic carbocycles. The number of rotatable bonds is 1. The van der Waals surface area contributed by atoms with E-state index in [0.717, 1.165) is 0 Å². The van der Waals surface area contributed by atoms with E-state index >= 15 is 0 Å². The molecule has 3 atom stereocenters. The summed E-state index contributed by atoms with van der Waals surface area (Å²) in [4.78, 5) is 10.1. The van der Waals surface area contributed by atoms with Crippen LogP contribution < -0.4 is 5.32 Å². The zero-order chi connectivity index (χ0) is 9.35. The highest BCUT2D eigenvalue weighted by molar-refractivity contribution is 6.42. The van der Waals surface area contributed by atoms with Gasteiger partial charge in [-0.05, 0) is 6.42 Å². The van der Waals surface area contributed by atoms with Gasteiger partial charge >= 0.3 is 0 Å². The number of carbonyl (C=O) groups excluding carboxylic acids is 1. The average molecular weight is 251 g/mol. The number of hydrogen-bond donors (Lipinski definition) is 1. The fourth-order valence-electron chi connectivity index (χ4n) is 0.965. The SMILES string of the molecule is O=C1NC(Cl)C(Cl)CC1(Cl)CCl. The second-order valence-electron chi connectivity index (χ2n) is 2.69. The first kappa shape index (κ1) is 10.7. The first-order chi connectivity index (χ1) is 5.49. The first-order valence-corrected chi connectivity index (χ1v) is 5.12. The van der Waals surface area contributed by atoms with Crippen molar-refractivity contribution in [3.8, 4) is 0 Å². The summed E-state index contributed by atoms with van der Waals surface area (Å²) in [6.45, 7) is 0. The van der Waals surface area contributed by atoms with E-state index in [9.17, 15) is 4.79 Å². The van der Waals surface area contributed by atoms with Crippen molar-refractivity contribution in [3.05, 3.63) is 0 Å². The van der Waals surface area contributed by atoms with Gasteiger partial charge in [-0.1, -0.05) is 11.6 Å². The first-order valence-electron chi connectivity index (χ1n) is 3.33. The summed E-state index contributed by atoms with van der Waals surface area (Å²) in [5.41, 5.74) is -0.561. The molecule has 0 aromatic rings. The molecule has 1 N–H and O–H groups in total. The smallest absolute Gasteiger partial charge is 0.243 e. The van der Waals surface area contributed by atoms with Crippen LogP contribution in [0.3, 0.4) is 0 Å². The van der Waals surface area contributed by atoms with Gasteiger partial charge in [0.15, 0.2) is 0 Å². The van der Waals surface area contributed by atoms with Crippen molar-refractivity contribution < 1.29 is 4.79 Å². The predicted molar refractivity (Wildman–Crippen MR) is 51.3 cm³/mol. The summed E-state index contributed by atoms with van der Waals surface area (Å²) in [5.74, 6) is -0.316. The van der Waals surface area contributed by atoms with Gasteiger partial charge in [-0.25, -0.2) is 0 Å². The van der Waals surface area contributed by atoms with Crippen LogP contribution in [0, 0.1) is 0 Å². The normalized spacial score (nSPS) is 42.5. The number of alkyl halides is 4. The molecule has 1 aliphatic heterocycles. The Morgan fingerprint density at radius 3 is 2.67 bits per heavy atom. The maximum atomic E-state index is 11.2. The second kappa shape index (κ2) is 3.79. The monoisotopic (exact) mass is 249 g/mol. The lowest BCUT2D eigenvalue weighted by atomic mass is 9.99. The molecule has 1 amide bonds. The summed E-state index contributed by atoms with van der Waals surface area (Å²) in [6, 6.07) is 0. The van der Waals surface area contributed by atoms with E-state index in [4.69, 9.17) is 46.4 Å². The van der Waals surface area contributed by atoms with Crippen molar-refractivity contribution in [1.82, 2.24) is 5.32 Å². The van der Waals surface area contributed by atoms with E-state index in [1.54, 1.807) is 0 Å². The van der Waals surface area contributed by atoms with Gasteiger partial charge in [0.1, 0.15) is 10.4 Å². The topological polar surface area (TPSA) is 29.1 Å². The van der Waals surface area contributed by atoms with Crippen LogP contribution in [-0.4, -0.2) is 27.5 Å². The molecule has 12 heavy (non-hydrogen) atoms. The molecule has 6 heteroatoms. The number of piperidine rings is 1. The molecule has 70 valence electrons. The fraction of sp³-hybridized carbons (Fsp3) is 0.833. The van der Waals surface area contributed by atoms with Crippen LogP contribution in [0.2, 0.25) is 0 Å². The van der Waals surface area contributed by atoms with Crippen molar-refractivity contribution >= 4 is 52.3 Å². The number of amides is 1. The highest BCUT2D eigenvalue weighted by atomic mass is 35.5. The lowest BCUT2D eigenvalue weighted by Gasteiger charge is -2.34. The summed E-state index contributed by atoms with van der Waals surface area (Å²) in [7, 11) is 0. The van der Waals surface area contributed by atoms with E-state index in [0.29, 0.717) is 6.42 Å². The van der Waals surface area contributed by atoms with Crippen LogP contribution >= 0.6 is 46.4 Å². The van der Waals surface area contributed by atoms with Crippen molar-refractivity contribution in [1.29, 1.82) is 0 Å². The molecule has 1 fully saturated rings. The van der Waals surface area contributed by atoms with Crippen LogP contribution in [0.15, 0.2) is 0 Å². The van der Waals surface area contributed by atoms with Gasteiger partial charge in [0.2, 0.25) is 5.91 Å². The molecule has 1 rings (SSSR count).